The molecule has 2 fully saturated rings. The van der Waals surface area contributed by atoms with Crippen molar-refractivity contribution in [2.45, 2.75) is 57.0 Å². The summed E-state index contributed by atoms with van der Waals surface area (Å²) in [4.78, 5) is 0. The van der Waals surface area contributed by atoms with E-state index >= 15 is 0 Å². The molecule has 3 heteroatoms. The Hall–Kier alpha value is -0.120. The fourth-order valence-corrected chi connectivity index (χ4v) is 2.17. The van der Waals surface area contributed by atoms with Gasteiger partial charge in [0.05, 0.1) is 6.61 Å². The minimum absolute atomic E-state index is 0.239. The van der Waals surface area contributed by atoms with Gasteiger partial charge in [0.15, 0.2) is 0 Å². The molecule has 0 amide bonds. The summed E-state index contributed by atoms with van der Waals surface area (Å²) in [5, 5.41) is 12.6. The first-order chi connectivity index (χ1) is 7.88. The smallest absolute Gasteiger partial charge is 0.0585 e. The lowest BCUT2D eigenvalue weighted by atomic mass is 9.83. The second-order valence-electron chi connectivity index (χ2n) is 5.31. The van der Waals surface area contributed by atoms with Crippen molar-refractivity contribution in [2.75, 3.05) is 19.8 Å². The largest absolute Gasteiger partial charge is 0.395 e. The van der Waals surface area contributed by atoms with E-state index in [0.717, 1.165) is 25.6 Å². The monoisotopic (exact) mass is 227 g/mol. The van der Waals surface area contributed by atoms with E-state index < -0.39 is 0 Å². The van der Waals surface area contributed by atoms with Crippen LogP contribution in [0.4, 0.5) is 0 Å². The Balaban J connectivity index is 1.42. The zero-order chi connectivity index (χ0) is 11.2. The van der Waals surface area contributed by atoms with Gasteiger partial charge in [0, 0.05) is 25.3 Å². The molecule has 0 heterocycles. The maximum absolute atomic E-state index is 9.18. The molecule has 2 saturated carbocycles. The van der Waals surface area contributed by atoms with Gasteiger partial charge >= 0.3 is 0 Å². The number of rotatable bonds is 9. The van der Waals surface area contributed by atoms with Crippen molar-refractivity contribution in [3.63, 3.8) is 0 Å². The summed E-state index contributed by atoms with van der Waals surface area (Å²) >= 11 is 0. The zero-order valence-electron chi connectivity index (χ0n) is 10.2. The van der Waals surface area contributed by atoms with Crippen molar-refractivity contribution in [2.24, 2.45) is 5.92 Å². The third kappa shape index (κ3) is 4.40. The summed E-state index contributed by atoms with van der Waals surface area (Å²) in [6.07, 6.45) is 8.97. The molecule has 0 aromatic rings. The Labute approximate surface area is 98.6 Å². The van der Waals surface area contributed by atoms with Crippen molar-refractivity contribution >= 4 is 0 Å². The maximum atomic E-state index is 9.18. The highest BCUT2D eigenvalue weighted by Crippen LogP contribution is 2.29. The SMILES string of the molecule is OCC(CCOCCC1CCC1)NC1CC1. The van der Waals surface area contributed by atoms with Crippen molar-refractivity contribution in [1.29, 1.82) is 0 Å². The van der Waals surface area contributed by atoms with Crippen LogP contribution in [0, 0.1) is 5.92 Å². The normalized spacial score (nSPS) is 23.1. The first-order valence-corrected chi connectivity index (χ1v) is 6.83. The van der Waals surface area contributed by atoms with Crippen LogP contribution in [0.25, 0.3) is 0 Å². The molecule has 16 heavy (non-hydrogen) atoms. The van der Waals surface area contributed by atoms with Crippen LogP contribution in [-0.2, 0) is 4.74 Å². The zero-order valence-corrected chi connectivity index (χ0v) is 10.2. The third-order valence-electron chi connectivity index (χ3n) is 3.77. The highest BCUT2D eigenvalue weighted by Gasteiger charge is 2.24. The van der Waals surface area contributed by atoms with Gasteiger partial charge < -0.3 is 15.2 Å². The fourth-order valence-electron chi connectivity index (χ4n) is 2.17. The summed E-state index contributed by atoms with van der Waals surface area (Å²) in [6, 6.07) is 0.920. The average Bonchev–Trinajstić information content (AvgIpc) is 3.02. The summed E-state index contributed by atoms with van der Waals surface area (Å²) in [7, 11) is 0. The number of nitrogens with one attached hydrogen (secondary N) is 1. The topological polar surface area (TPSA) is 41.5 Å². The van der Waals surface area contributed by atoms with Gasteiger partial charge in [0.1, 0.15) is 0 Å². The predicted octanol–water partition coefficient (Wildman–Crippen LogP) is 1.70. The number of aliphatic hydroxyl groups excluding tert-OH is 1. The lowest BCUT2D eigenvalue weighted by Gasteiger charge is -2.25. The first-order valence-electron chi connectivity index (χ1n) is 6.83. The molecule has 1 unspecified atom stereocenters. The van der Waals surface area contributed by atoms with Gasteiger partial charge in [0.25, 0.3) is 0 Å². The van der Waals surface area contributed by atoms with Gasteiger partial charge in [-0.3, -0.25) is 0 Å². The molecular weight excluding hydrogens is 202 g/mol. The summed E-state index contributed by atoms with van der Waals surface area (Å²) in [6.45, 7) is 1.94. The molecule has 0 aliphatic heterocycles. The molecule has 0 bridgehead atoms. The standard InChI is InChI=1S/C13H25NO2/c15-10-13(14-12-4-5-12)7-9-16-8-6-11-2-1-3-11/h11-15H,1-10H2. The molecule has 0 radical (unpaired) electrons. The number of hydrogen-bond acceptors (Lipinski definition) is 3. The van der Waals surface area contributed by atoms with Crippen LogP contribution in [0.1, 0.15) is 44.9 Å². The van der Waals surface area contributed by atoms with Gasteiger partial charge in [-0.05, 0) is 31.6 Å². The second-order valence-corrected chi connectivity index (χ2v) is 5.31. The summed E-state index contributed by atoms with van der Waals surface area (Å²) in [5.74, 6) is 0.943. The number of aliphatic hydroxyl groups is 1. The minimum atomic E-state index is 0.239. The van der Waals surface area contributed by atoms with E-state index in [0.29, 0.717) is 6.04 Å². The van der Waals surface area contributed by atoms with E-state index in [9.17, 15) is 5.11 Å². The maximum Gasteiger partial charge on any atom is 0.0585 e. The minimum Gasteiger partial charge on any atom is -0.395 e. The van der Waals surface area contributed by atoms with Crippen molar-refractivity contribution in [1.82, 2.24) is 5.32 Å². The summed E-state index contributed by atoms with van der Waals surface area (Å²) < 4.78 is 5.62. The van der Waals surface area contributed by atoms with Gasteiger partial charge in [-0.15, -0.1) is 0 Å². The Morgan fingerprint density at radius 2 is 2.00 bits per heavy atom. The molecule has 2 N–H and O–H groups in total. The Kier molecular flexibility index (Phi) is 5.07. The van der Waals surface area contributed by atoms with Crippen LogP contribution >= 0.6 is 0 Å². The molecule has 0 aromatic carbocycles. The summed E-state index contributed by atoms with van der Waals surface area (Å²) in [5.41, 5.74) is 0. The van der Waals surface area contributed by atoms with Crippen molar-refractivity contribution in [3.05, 3.63) is 0 Å². The molecule has 0 saturated heterocycles. The number of ether oxygens (including phenoxy) is 1. The Morgan fingerprint density at radius 3 is 2.56 bits per heavy atom. The Morgan fingerprint density at radius 1 is 1.19 bits per heavy atom. The molecule has 0 aromatic heterocycles. The molecule has 2 aliphatic carbocycles. The van der Waals surface area contributed by atoms with Gasteiger partial charge in [0.2, 0.25) is 0 Å². The van der Waals surface area contributed by atoms with Crippen LogP contribution in [0.3, 0.4) is 0 Å². The lowest BCUT2D eigenvalue weighted by molar-refractivity contribution is 0.0922. The average molecular weight is 227 g/mol. The van der Waals surface area contributed by atoms with Gasteiger partial charge in [-0.2, -0.15) is 0 Å². The Bertz CT molecular complexity index is 190. The molecule has 1 atom stereocenters. The van der Waals surface area contributed by atoms with Crippen LogP contribution in [0.5, 0.6) is 0 Å². The first kappa shape index (κ1) is 12.3. The van der Waals surface area contributed by atoms with E-state index in [1.165, 1.54) is 38.5 Å². The third-order valence-corrected chi connectivity index (χ3v) is 3.77. The molecular formula is C13H25NO2. The van der Waals surface area contributed by atoms with E-state index in [1.807, 2.05) is 0 Å². The van der Waals surface area contributed by atoms with E-state index in [1.54, 1.807) is 0 Å². The highest BCUT2D eigenvalue weighted by atomic mass is 16.5. The fraction of sp³-hybridized carbons (Fsp3) is 1.00. The second kappa shape index (κ2) is 6.58. The van der Waals surface area contributed by atoms with Gasteiger partial charge in [-0.1, -0.05) is 19.3 Å². The lowest BCUT2D eigenvalue weighted by Crippen LogP contribution is -2.35. The van der Waals surface area contributed by atoms with E-state index in [-0.39, 0.29) is 12.6 Å². The van der Waals surface area contributed by atoms with Gasteiger partial charge in [-0.25, -0.2) is 0 Å². The molecule has 2 rings (SSSR count). The molecule has 3 nitrogen and oxygen atoms in total. The van der Waals surface area contributed by atoms with E-state index in [2.05, 4.69) is 5.32 Å². The quantitative estimate of drug-likeness (QED) is 0.589. The van der Waals surface area contributed by atoms with Crippen molar-refractivity contribution < 1.29 is 9.84 Å². The van der Waals surface area contributed by atoms with Crippen LogP contribution in [0.2, 0.25) is 0 Å². The van der Waals surface area contributed by atoms with Crippen LogP contribution < -0.4 is 5.32 Å². The molecule has 94 valence electrons. The van der Waals surface area contributed by atoms with Crippen LogP contribution in [0.15, 0.2) is 0 Å². The van der Waals surface area contributed by atoms with Crippen LogP contribution in [-0.4, -0.2) is 37.0 Å². The molecule has 0 spiro atoms. The molecule has 2 aliphatic rings. The number of hydrogen-bond donors (Lipinski definition) is 2. The highest BCUT2D eigenvalue weighted by molar-refractivity contribution is 4.84. The predicted molar refractivity (Wildman–Crippen MR) is 64.4 cm³/mol. The van der Waals surface area contributed by atoms with Crippen molar-refractivity contribution in [3.8, 4) is 0 Å². The van der Waals surface area contributed by atoms with E-state index in [4.69, 9.17) is 4.74 Å².